The topological polar surface area (TPSA) is 52.6 Å². The molecule has 0 heterocycles. The predicted octanol–water partition coefficient (Wildman–Crippen LogP) is 6.33. The maximum absolute atomic E-state index is 12.0. The Morgan fingerprint density at radius 3 is 2.03 bits per heavy atom. The Balaban J connectivity index is 1.58. The second-order valence-corrected chi connectivity index (χ2v) is 7.21. The highest BCUT2D eigenvalue weighted by Crippen LogP contribution is 2.22. The number of benzene rings is 2. The number of esters is 2. The van der Waals surface area contributed by atoms with E-state index in [9.17, 15) is 9.59 Å². The average molecular weight is 397 g/mol. The summed E-state index contributed by atoms with van der Waals surface area (Å²) in [6.07, 6.45) is 7.86. The average Bonchev–Trinajstić information content (AvgIpc) is 2.74. The van der Waals surface area contributed by atoms with E-state index in [-0.39, 0.29) is 24.8 Å². The van der Waals surface area contributed by atoms with Crippen LogP contribution in [0.25, 0.3) is 11.1 Å². The fourth-order valence-electron chi connectivity index (χ4n) is 3.05. The molecule has 0 fully saturated rings. The van der Waals surface area contributed by atoms with Gasteiger partial charge in [0.1, 0.15) is 5.75 Å². The lowest BCUT2D eigenvalue weighted by Gasteiger charge is -2.07. The van der Waals surface area contributed by atoms with Crippen molar-refractivity contribution in [1.82, 2.24) is 0 Å². The van der Waals surface area contributed by atoms with Crippen LogP contribution in [-0.2, 0) is 14.3 Å². The normalized spacial score (nSPS) is 10.5. The zero-order valence-electron chi connectivity index (χ0n) is 17.4. The number of carbonyl (C=O) groups is 2. The van der Waals surface area contributed by atoms with Crippen LogP contribution in [0.4, 0.5) is 0 Å². The minimum absolute atomic E-state index is 0.201. The monoisotopic (exact) mass is 396 g/mol. The lowest BCUT2D eigenvalue weighted by atomic mass is 10.1. The number of hydrogen-bond acceptors (Lipinski definition) is 4. The first-order valence-corrected chi connectivity index (χ1v) is 10.7. The van der Waals surface area contributed by atoms with Crippen molar-refractivity contribution in [3.63, 3.8) is 0 Å². The molecule has 0 aliphatic carbocycles. The molecule has 0 atom stereocenters. The fourth-order valence-corrected chi connectivity index (χ4v) is 3.05. The maximum Gasteiger partial charge on any atom is 0.311 e. The molecule has 0 radical (unpaired) electrons. The number of rotatable bonds is 13. The van der Waals surface area contributed by atoms with Crippen molar-refractivity contribution in [3.05, 3.63) is 54.6 Å². The first kappa shape index (κ1) is 22.7. The van der Waals surface area contributed by atoms with Crippen LogP contribution < -0.4 is 4.74 Å². The Hall–Kier alpha value is -2.62. The summed E-state index contributed by atoms with van der Waals surface area (Å²) in [5, 5.41) is 0. The number of hydrogen-bond donors (Lipinski definition) is 0. The zero-order valence-corrected chi connectivity index (χ0v) is 17.4. The summed E-state index contributed by atoms with van der Waals surface area (Å²) in [5.74, 6) is -0.0555. The Labute approximate surface area is 174 Å². The summed E-state index contributed by atoms with van der Waals surface area (Å²) in [6.45, 7) is 2.67. The van der Waals surface area contributed by atoms with Crippen LogP contribution in [0.5, 0.6) is 5.75 Å². The van der Waals surface area contributed by atoms with Gasteiger partial charge in [-0.05, 0) is 36.1 Å². The minimum Gasteiger partial charge on any atom is -0.466 e. The highest BCUT2D eigenvalue weighted by Gasteiger charge is 2.09. The molecule has 0 bridgehead atoms. The molecule has 156 valence electrons. The lowest BCUT2D eigenvalue weighted by molar-refractivity contribution is -0.144. The van der Waals surface area contributed by atoms with Crippen molar-refractivity contribution in [1.29, 1.82) is 0 Å². The molecule has 0 amide bonds. The first-order chi connectivity index (χ1) is 14.2. The molecule has 2 aromatic carbocycles. The van der Waals surface area contributed by atoms with Crippen LogP contribution in [0.3, 0.4) is 0 Å². The molecule has 0 saturated carbocycles. The van der Waals surface area contributed by atoms with Crippen LogP contribution >= 0.6 is 0 Å². The molecule has 0 aliphatic rings. The van der Waals surface area contributed by atoms with Gasteiger partial charge >= 0.3 is 11.9 Å². The van der Waals surface area contributed by atoms with Gasteiger partial charge in [-0.2, -0.15) is 0 Å². The van der Waals surface area contributed by atoms with Crippen LogP contribution in [0.15, 0.2) is 54.6 Å². The molecule has 2 aromatic rings. The van der Waals surface area contributed by atoms with Gasteiger partial charge in [-0.1, -0.05) is 81.5 Å². The van der Waals surface area contributed by atoms with E-state index in [0.29, 0.717) is 18.8 Å². The fraction of sp³-hybridized carbons (Fsp3) is 0.440. The molecule has 0 spiro atoms. The van der Waals surface area contributed by atoms with Gasteiger partial charge in [0.05, 0.1) is 6.61 Å². The maximum atomic E-state index is 12.0. The van der Waals surface area contributed by atoms with Gasteiger partial charge in [-0.25, -0.2) is 0 Å². The van der Waals surface area contributed by atoms with Gasteiger partial charge in [0, 0.05) is 12.8 Å². The summed E-state index contributed by atoms with van der Waals surface area (Å²) in [4.78, 5) is 23.7. The molecule has 0 aromatic heterocycles. The van der Waals surface area contributed by atoms with Gasteiger partial charge in [0.2, 0.25) is 0 Å². The third-order valence-electron chi connectivity index (χ3n) is 4.72. The Morgan fingerprint density at radius 1 is 0.690 bits per heavy atom. The molecule has 0 saturated heterocycles. The zero-order chi connectivity index (χ0) is 20.7. The molecular weight excluding hydrogens is 364 g/mol. The van der Waals surface area contributed by atoms with Crippen LogP contribution in [0, 0.1) is 0 Å². The Kier molecular flexibility index (Phi) is 10.6. The largest absolute Gasteiger partial charge is 0.466 e. The van der Waals surface area contributed by atoms with Crippen LogP contribution in [0.1, 0.15) is 64.7 Å². The van der Waals surface area contributed by atoms with Gasteiger partial charge < -0.3 is 9.47 Å². The number of unbranched alkanes of at least 4 members (excludes halogenated alkanes) is 5. The summed E-state index contributed by atoms with van der Waals surface area (Å²) >= 11 is 0. The van der Waals surface area contributed by atoms with Gasteiger partial charge in [-0.3, -0.25) is 9.59 Å². The van der Waals surface area contributed by atoms with Crippen molar-refractivity contribution in [3.8, 4) is 16.9 Å². The van der Waals surface area contributed by atoms with E-state index in [1.165, 1.54) is 25.7 Å². The van der Waals surface area contributed by atoms with Crippen LogP contribution in [-0.4, -0.2) is 18.5 Å². The van der Waals surface area contributed by atoms with Gasteiger partial charge in [0.15, 0.2) is 0 Å². The van der Waals surface area contributed by atoms with Crippen molar-refractivity contribution in [2.75, 3.05) is 6.61 Å². The molecule has 29 heavy (non-hydrogen) atoms. The highest BCUT2D eigenvalue weighted by molar-refractivity contribution is 5.74. The number of ether oxygens (including phenoxy) is 2. The summed E-state index contributed by atoms with van der Waals surface area (Å²) < 4.78 is 10.6. The summed E-state index contributed by atoms with van der Waals surface area (Å²) in [7, 11) is 0. The van der Waals surface area contributed by atoms with Crippen molar-refractivity contribution in [2.24, 2.45) is 0 Å². The van der Waals surface area contributed by atoms with Crippen molar-refractivity contribution >= 4 is 11.9 Å². The van der Waals surface area contributed by atoms with E-state index in [4.69, 9.17) is 9.47 Å². The molecule has 2 rings (SSSR count). The standard InChI is InChI=1S/C25H32O4/c1-2-3-4-5-6-10-20-28-24(26)14-11-15-25(27)29-23-18-16-22(17-19-23)21-12-8-7-9-13-21/h7-9,12-13,16-19H,2-6,10-11,14-15,20H2,1H3. The second kappa shape index (κ2) is 13.5. The Bertz CT molecular complexity index is 722. The van der Waals surface area contributed by atoms with E-state index in [1.54, 1.807) is 12.1 Å². The quantitative estimate of drug-likeness (QED) is 0.225. The van der Waals surface area contributed by atoms with E-state index in [0.717, 1.165) is 24.0 Å². The van der Waals surface area contributed by atoms with Gasteiger partial charge in [0.25, 0.3) is 0 Å². The van der Waals surface area contributed by atoms with Crippen LogP contribution in [0.2, 0.25) is 0 Å². The minimum atomic E-state index is -0.332. The molecule has 0 aliphatic heterocycles. The highest BCUT2D eigenvalue weighted by atomic mass is 16.5. The van der Waals surface area contributed by atoms with Gasteiger partial charge in [-0.15, -0.1) is 0 Å². The summed E-state index contributed by atoms with van der Waals surface area (Å²) in [5.41, 5.74) is 2.18. The molecule has 0 unspecified atom stereocenters. The third kappa shape index (κ3) is 9.42. The van der Waals surface area contributed by atoms with Crippen molar-refractivity contribution < 1.29 is 19.1 Å². The predicted molar refractivity (Wildman–Crippen MR) is 116 cm³/mol. The van der Waals surface area contributed by atoms with Crippen molar-refractivity contribution in [2.45, 2.75) is 64.7 Å². The van der Waals surface area contributed by atoms with E-state index in [1.807, 2.05) is 42.5 Å². The lowest BCUT2D eigenvalue weighted by Crippen LogP contribution is -2.10. The third-order valence-corrected chi connectivity index (χ3v) is 4.72. The molecule has 4 nitrogen and oxygen atoms in total. The van der Waals surface area contributed by atoms with E-state index in [2.05, 4.69) is 6.92 Å². The smallest absolute Gasteiger partial charge is 0.311 e. The molecule has 4 heteroatoms. The molecular formula is C25H32O4. The summed E-state index contributed by atoms with van der Waals surface area (Å²) in [6, 6.07) is 17.5. The Morgan fingerprint density at radius 2 is 1.31 bits per heavy atom. The second-order valence-electron chi connectivity index (χ2n) is 7.21. The SMILES string of the molecule is CCCCCCCCOC(=O)CCCC(=O)Oc1ccc(-c2ccccc2)cc1. The van der Waals surface area contributed by atoms with E-state index < -0.39 is 0 Å². The van der Waals surface area contributed by atoms with E-state index >= 15 is 0 Å². The number of carbonyl (C=O) groups excluding carboxylic acids is 2. The molecule has 0 N–H and O–H groups in total. The first-order valence-electron chi connectivity index (χ1n) is 10.7.